The Labute approximate surface area is 159 Å². The Morgan fingerprint density at radius 3 is 2.63 bits per heavy atom. The van der Waals surface area contributed by atoms with Crippen LogP contribution in [0.5, 0.6) is 0 Å². The van der Waals surface area contributed by atoms with Crippen molar-refractivity contribution in [2.24, 2.45) is 0 Å². The SMILES string of the molecule is Cc1ccc(C(=O)N[C@H]2C[C@H]3C(=O)N(C4CC4)S(=O)(=O)CCN3C2)c(C)c1. The largest absolute Gasteiger partial charge is 0.348 e. The first-order valence-corrected chi connectivity index (χ1v) is 11.1. The maximum Gasteiger partial charge on any atom is 0.253 e. The van der Waals surface area contributed by atoms with E-state index in [1.54, 1.807) is 0 Å². The summed E-state index contributed by atoms with van der Waals surface area (Å²) in [6.07, 6.45) is 1.96. The molecule has 4 rings (SSSR count). The highest BCUT2D eigenvalue weighted by Gasteiger charge is 2.49. The molecule has 1 saturated carbocycles. The van der Waals surface area contributed by atoms with Crippen molar-refractivity contribution in [3.63, 3.8) is 0 Å². The van der Waals surface area contributed by atoms with Gasteiger partial charge in [-0.2, -0.15) is 0 Å². The lowest BCUT2D eigenvalue weighted by atomic mass is 10.0. The smallest absolute Gasteiger partial charge is 0.253 e. The summed E-state index contributed by atoms with van der Waals surface area (Å²) in [7, 11) is -3.53. The molecule has 0 bridgehead atoms. The number of benzene rings is 1. The summed E-state index contributed by atoms with van der Waals surface area (Å²) in [5, 5.41) is 3.03. The van der Waals surface area contributed by atoms with E-state index in [-0.39, 0.29) is 29.7 Å². The van der Waals surface area contributed by atoms with Crippen LogP contribution in [0.15, 0.2) is 18.2 Å². The normalized spacial score (nSPS) is 27.9. The molecule has 27 heavy (non-hydrogen) atoms. The molecule has 7 nitrogen and oxygen atoms in total. The summed E-state index contributed by atoms with van der Waals surface area (Å²) in [4.78, 5) is 27.5. The zero-order valence-corrected chi connectivity index (χ0v) is 16.5. The molecule has 2 amide bonds. The summed E-state index contributed by atoms with van der Waals surface area (Å²) in [6, 6.07) is 4.91. The van der Waals surface area contributed by atoms with Crippen LogP contribution in [0.3, 0.4) is 0 Å². The number of sulfonamides is 1. The van der Waals surface area contributed by atoms with Gasteiger partial charge in [-0.25, -0.2) is 12.7 Å². The van der Waals surface area contributed by atoms with Gasteiger partial charge in [0.1, 0.15) is 0 Å². The van der Waals surface area contributed by atoms with Crippen molar-refractivity contribution in [3.8, 4) is 0 Å². The minimum absolute atomic E-state index is 0.0382. The number of carbonyl (C=O) groups excluding carboxylic acids is 2. The van der Waals surface area contributed by atoms with Crippen LogP contribution in [-0.2, 0) is 14.8 Å². The lowest BCUT2D eigenvalue weighted by molar-refractivity contribution is -0.130. The maximum absolute atomic E-state index is 12.9. The Morgan fingerprint density at radius 2 is 1.96 bits per heavy atom. The Hall–Kier alpha value is -1.93. The summed E-state index contributed by atoms with van der Waals surface area (Å²) < 4.78 is 26.0. The predicted octanol–water partition coefficient (Wildman–Crippen LogP) is 0.811. The van der Waals surface area contributed by atoms with Crippen LogP contribution in [0.25, 0.3) is 0 Å². The van der Waals surface area contributed by atoms with Gasteiger partial charge in [0.15, 0.2) is 0 Å². The molecule has 146 valence electrons. The van der Waals surface area contributed by atoms with Crippen LogP contribution < -0.4 is 5.32 Å². The highest BCUT2D eigenvalue weighted by atomic mass is 32.2. The molecule has 2 heterocycles. The van der Waals surface area contributed by atoms with Gasteiger partial charge in [-0.1, -0.05) is 17.7 Å². The number of nitrogens with zero attached hydrogens (tertiary/aromatic N) is 2. The number of carbonyl (C=O) groups is 2. The first kappa shape index (κ1) is 18.4. The van der Waals surface area contributed by atoms with Gasteiger partial charge in [0, 0.05) is 30.7 Å². The average Bonchev–Trinajstić information content (AvgIpc) is 3.32. The van der Waals surface area contributed by atoms with Crippen molar-refractivity contribution in [3.05, 3.63) is 34.9 Å². The second-order valence-corrected chi connectivity index (χ2v) is 9.88. The fraction of sp³-hybridized carbons (Fsp3) is 0.579. The second-order valence-electron chi connectivity index (χ2n) is 7.92. The lowest BCUT2D eigenvalue weighted by Crippen LogP contribution is -2.45. The van der Waals surface area contributed by atoms with E-state index in [0.29, 0.717) is 25.1 Å². The van der Waals surface area contributed by atoms with Gasteiger partial charge >= 0.3 is 0 Å². The highest BCUT2D eigenvalue weighted by molar-refractivity contribution is 7.89. The van der Waals surface area contributed by atoms with Crippen LogP contribution in [0, 0.1) is 13.8 Å². The molecule has 3 fully saturated rings. The van der Waals surface area contributed by atoms with Gasteiger partial charge < -0.3 is 5.32 Å². The number of nitrogens with one attached hydrogen (secondary N) is 1. The third-order valence-corrected chi connectivity index (χ3v) is 7.46. The Kier molecular flexibility index (Phi) is 4.50. The second kappa shape index (κ2) is 6.60. The van der Waals surface area contributed by atoms with E-state index < -0.39 is 16.1 Å². The Bertz CT molecular complexity index is 894. The molecule has 0 aromatic heterocycles. The van der Waals surface area contributed by atoms with Crippen molar-refractivity contribution < 1.29 is 18.0 Å². The predicted molar refractivity (Wildman–Crippen MR) is 101 cm³/mol. The third-order valence-electron chi connectivity index (χ3n) is 5.68. The minimum atomic E-state index is -3.53. The quantitative estimate of drug-likeness (QED) is 0.824. The molecule has 1 aliphatic carbocycles. The first-order chi connectivity index (χ1) is 12.8. The number of hydrogen-bond acceptors (Lipinski definition) is 5. The summed E-state index contributed by atoms with van der Waals surface area (Å²) in [5.74, 6) is -0.503. The molecule has 1 aromatic rings. The monoisotopic (exact) mass is 391 g/mol. The molecule has 0 radical (unpaired) electrons. The van der Waals surface area contributed by atoms with Gasteiger partial charge in [-0.15, -0.1) is 0 Å². The van der Waals surface area contributed by atoms with Gasteiger partial charge in [0.2, 0.25) is 10.0 Å². The number of rotatable bonds is 3. The molecule has 0 spiro atoms. The average molecular weight is 391 g/mol. The van der Waals surface area contributed by atoms with E-state index in [9.17, 15) is 18.0 Å². The third kappa shape index (κ3) is 3.48. The minimum Gasteiger partial charge on any atom is -0.348 e. The number of amides is 2. The van der Waals surface area contributed by atoms with E-state index in [4.69, 9.17) is 0 Å². The zero-order chi connectivity index (χ0) is 19.3. The van der Waals surface area contributed by atoms with Crippen LogP contribution in [0.4, 0.5) is 0 Å². The van der Waals surface area contributed by atoms with E-state index in [1.165, 1.54) is 0 Å². The topological polar surface area (TPSA) is 86.8 Å². The lowest BCUT2D eigenvalue weighted by Gasteiger charge is -2.23. The summed E-state index contributed by atoms with van der Waals surface area (Å²) in [6.45, 7) is 4.72. The molecule has 2 atom stereocenters. The van der Waals surface area contributed by atoms with Crippen molar-refractivity contribution in [2.75, 3.05) is 18.8 Å². The molecular formula is C19H25N3O4S. The first-order valence-electron chi connectivity index (χ1n) is 9.44. The molecule has 2 aliphatic heterocycles. The molecule has 1 N–H and O–H groups in total. The van der Waals surface area contributed by atoms with Crippen LogP contribution in [0.1, 0.15) is 40.7 Å². The van der Waals surface area contributed by atoms with Gasteiger partial charge in [-0.3, -0.25) is 14.5 Å². The zero-order valence-electron chi connectivity index (χ0n) is 15.6. The van der Waals surface area contributed by atoms with E-state index in [0.717, 1.165) is 28.3 Å². The summed E-state index contributed by atoms with van der Waals surface area (Å²) in [5.41, 5.74) is 2.66. The van der Waals surface area contributed by atoms with Crippen molar-refractivity contribution >= 4 is 21.8 Å². The van der Waals surface area contributed by atoms with Gasteiger partial charge in [-0.05, 0) is 44.7 Å². The molecule has 0 unspecified atom stereocenters. The Morgan fingerprint density at radius 1 is 1.22 bits per heavy atom. The van der Waals surface area contributed by atoms with E-state index in [1.807, 2.05) is 36.9 Å². The molecule has 8 heteroatoms. The fourth-order valence-corrected chi connectivity index (χ4v) is 5.90. The van der Waals surface area contributed by atoms with Crippen LogP contribution in [-0.4, -0.2) is 66.4 Å². The number of aryl methyl sites for hydroxylation is 2. The van der Waals surface area contributed by atoms with Crippen LogP contribution >= 0.6 is 0 Å². The van der Waals surface area contributed by atoms with E-state index in [2.05, 4.69) is 5.32 Å². The standard InChI is InChI=1S/C19H25N3O4S/c1-12-3-6-16(13(2)9-12)18(23)20-14-10-17-19(24)22(15-4-5-15)27(25,26)8-7-21(17)11-14/h3,6,9,14-15,17H,4-5,7-8,10-11H2,1-2H3,(H,20,23)/t14-,17-/m0/s1. The fourth-order valence-electron chi connectivity index (χ4n) is 4.17. The molecule has 1 aromatic carbocycles. The number of fused-ring (bicyclic) bond motifs is 1. The summed E-state index contributed by atoms with van der Waals surface area (Å²) >= 11 is 0. The van der Waals surface area contributed by atoms with Gasteiger partial charge in [0.05, 0.1) is 11.8 Å². The Balaban J connectivity index is 1.48. The molecular weight excluding hydrogens is 366 g/mol. The van der Waals surface area contributed by atoms with Crippen LogP contribution in [0.2, 0.25) is 0 Å². The van der Waals surface area contributed by atoms with Gasteiger partial charge in [0.25, 0.3) is 11.8 Å². The van der Waals surface area contributed by atoms with Crippen molar-refractivity contribution in [2.45, 2.75) is 51.2 Å². The van der Waals surface area contributed by atoms with Crippen molar-refractivity contribution in [1.82, 2.24) is 14.5 Å². The van der Waals surface area contributed by atoms with E-state index >= 15 is 0 Å². The highest BCUT2D eigenvalue weighted by Crippen LogP contribution is 2.34. The maximum atomic E-state index is 12.9. The molecule has 3 aliphatic rings. The molecule has 2 saturated heterocycles. The number of hydrogen-bond donors (Lipinski definition) is 1. The van der Waals surface area contributed by atoms with Crippen molar-refractivity contribution in [1.29, 1.82) is 0 Å².